The van der Waals surface area contributed by atoms with E-state index in [-0.39, 0.29) is 11.0 Å². The molecule has 1 amide bonds. The standard InChI is InChI=1S/C12H21NO4/c1-11(2,3)13(10(16)17)7-5-6-12(4,8-13)9(14)15/h5-8H2,1-4H3,(H-,14,15,16,17)/p+1. The molecule has 0 spiro atoms. The Kier molecular flexibility index (Phi) is 3.27. The van der Waals surface area contributed by atoms with Gasteiger partial charge in [-0.25, -0.2) is 4.48 Å². The zero-order valence-electron chi connectivity index (χ0n) is 11.0. The summed E-state index contributed by atoms with van der Waals surface area (Å²) in [4.78, 5) is 22.9. The molecule has 0 aliphatic carbocycles. The number of quaternary nitrogens is 1. The summed E-state index contributed by atoms with van der Waals surface area (Å²) < 4.78 is -0.171. The van der Waals surface area contributed by atoms with Crippen LogP contribution in [-0.4, -0.2) is 45.4 Å². The molecule has 0 aromatic heterocycles. The van der Waals surface area contributed by atoms with Crippen LogP contribution >= 0.6 is 0 Å². The lowest BCUT2D eigenvalue weighted by Gasteiger charge is -2.50. The topological polar surface area (TPSA) is 74.6 Å². The molecule has 1 rings (SSSR count). The van der Waals surface area contributed by atoms with Gasteiger partial charge in [-0.15, -0.1) is 0 Å². The Labute approximate surface area is 102 Å². The summed E-state index contributed by atoms with van der Waals surface area (Å²) in [5.74, 6) is -0.898. The molecule has 0 bridgehead atoms. The highest BCUT2D eigenvalue weighted by molar-refractivity contribution is 5.74. The smallest absolute Gasteiger partial charge is 0.481 e. The van der Waals surface area contributed by atoms with E-state index >= 15 is 0 Å². The number of hydrogen-bond acceptors (Lipinski definition) is 2. The predicted molar refractivity (Wildman–Crippen MR) is 62.7 cm³/mol. The van der Waals surface area contributed by atoms with Crippen LogP contribution in [0.3, 0.4) is 0 Å². The SMILES string of the molecule is CC1(C(=O)O)CCC[N+](C(=O)O)(C(C)(C)C)C1. The van der Waals surface area contributed by atoms with Gasteiger partial charge in [0.2, 0.25) is 0 Å². The number of carbonyl (C=O) groups is 2. The quantitative estimate of drug-likeness (QED) is 0.693. The third-order valence-electron chi connectivity index (χ3n) is 4.05. The molecule has 17 heavy (non-hydrogen) atoms. The zero-order chi connectivity index (χ0) is 13.5. The molecule has 2 atom stereocenters. The Morgan fingerprint density at radius 3 is 2.12 bits per heavy atom. The first-order valence-electron chi connectivity index (χ1n) is 5.89. The van der Waals surface area contributed by atoms with Gasteiger partial charge < -0.3 is 10.2 Å². The summed E-state index contributed by atoms with van der Waals surface area (Å²) in [6.45, 7) is 7.87. The molecule has 98 valence electrons. The number of amides is 1. The number of rotatable bonds is 1. The average molecular weight is 244 g/mol. The normalized spacial score (nSPS) is 34.4. The second kappa shape index (κ2) is 3.98. The Bertz CT molecular complexity index is 347. The molecule has 5 heteroatoms. The highest BCUT2D eigenvalue weighted by Gasteiger charge is 2.56. The number of carboxylic acids is 1. The minimum absolute atomic E-state index is 0.154. The molecule has 0 radical (unpaired) electrons. The minimum Gasteiger partial charge on any atom is -0.481 e. The second-order valence-corrected chi connectivity index (χ2v) is 6.27. The number of carboxylic acid groups (broad SMARTS) is 2. The van der Waals surface area contributed by atoms with E-state index in [1.54, 1.807) is 6.92 Å². The molecule has 1 aliphatic rings. The van der Waals surface area contributed by atoms with Gasteiger partial charge in [-0.05, 0) is 40.5 Å². The predicted octanol–water partition coefficient (Wildman–Crippen LogP) is 2.16. The van der Waals surface area contributed by atoms with E-state index < -0.39 is 23.0 Å². The van der Waals surface area contributed by atoms with Crippen LogP contribution in [0.2, 0.25) is 0 Å². The van der Waals surface area contributed by atoms with Crippen molar-refractivity contribution in [1.29, 1.82) is 0 Å². The molecule has 2 unspecified atom stereocenters. The van der Waals surface area contributed by atoms with E-state index in [2.05, 4.69) is 0 Å². The first-order valence-corrected chi connectivity index (χ1v) is 5.89. The van der Waals surface area contributed by atoms with Crippen LogP contribution in [0.25, 0.3) is 0 Å². The molecule has 0 aromatic rings. The molecular formula is C12H22NO4+. The molecule has 1 saturated heterocycles. The van der Waals surface area contributed by atoms with Crippen LogP contribution < -0.4 is 0 Å². The van der Waals surface area contributed by atoms with Crippen LogP contribution in [0.1, 0.15) is 40.5 Å². The monoisotopic (exact) mass is 244 g/mol. The van der Waals surface area contributed by atoms with Crippen molar-refractivity contribution < 1.29 is 24.3 Å². The first-order chi connectivity index (χ1) is 7.55. The minimum atomic E-state index is -0.941. The third kappa shape index (κ3) is 2.16. The summed E-state index contributed by atoms with van der Waals surface area (Å²) >= 11 is 0. The van der Waals surface area contributed by atoms with Crippen LogP contribution in [0.4, 0.5) is 4.79 Å². The van der Waals surface area contributed by atoms with Gasteiger partial charge in [0.15, 0.2) is 0 Å². The number of nitrogens with zero attached hydrogens (tertiary/aromatic N) is 1. The van der Waals surface area contributed by atoms with Gasteiger partial charge in [0.05, 0.1) is 6.54 Å². The Morgan fingerprint density at radius 2 is 1.76 bits per heavy atom. The first kappa shape index (κ1) is 14.0. The lowest BCUT2D eigenvalue weighted by atomic mass is 9.78. The van der Waals surface area contributed by atoms with Gasteiger partial charge in [-0.3, -0.25) is 4.79 Å². The van der Waals surface area contributed by atoms with Crippen molar-refractivity contribution in [3.05, 3.63) is 0 Å². The lowest BCUT2D eigenvalue weighted by Crippen LogP contribution is -2.69. The fourth-order valence-corrected chi connectivity index (χ4v) is 2.69. The van der Waals surface area contributed by atoms with Crippen LogP contribution in [-0.2, 0) is 4.79 Å². The maximum Gasteiger partial charge on any atom is 0.514 e. The van der Waals surface area contributed by atoms with E-state index in [0.29, 0.717) is 19.4 Å². The second-order valence-electron chi connectivity index (χ2n) is 6.27. The zero-order valence-corrected chi connectivity index (χ0v) is 11.0. The maximum atomic E-state index is 11.6. The number of piperidine rings is 1. The van der Waals surface area contributed by atoms with Gasteiger partial charge in [0, 0.05) is 0 Å². The van der Waals surface area contributed by atoms with Crippen molar-refractivity contribution in [3.63, 3.8) is 0 Å². The van der Waals surface area contributed by atoms with E-state index in [9.17, 15) is 19.8 Å². The molecular weight excluding hydrogens is 222 g/mol. The molecule has 5 nitrogen and oxygen atoms in total. The molecule has 1 fully saturated rings. The van der Waals surface area contributed by atoms with Gasteiger partial charge >= 0.3 is 12.1 Å². The Hall–Kier alpha value is -1.10. The van der Waals surface area contributed by atoms with Crippen LogP contribution in [0.5, 0.6) is 0 Å². The number of likely N-dealkylation sites (tertiary alicyclic amines) is 1. The van der Waals surface area contributed by atoms with Crippen LogP contribution in [0.15, 0.2) is 0 Å². The van der Waals surface area contributed by atoms with E-state index in [1.807, 2.05) is 20.8 Å². The van der Waals surface area contributed by atoms with Crippen molar-refractivity contribution in [3.8, 4) is 0 Å². The fraction of sp³-hybridized carbons (Fsp3) is 0.833. The summed E-state index contributed by atoms with van der Waals surface area (Å²) in [6, 6.07) is 0. The van der Waals surface area contributed by atoms with Crippen LogP contribution in [0, 0.1) is 5.41 Å². The summed E-state index contributed by atoms with van der Waals surface area (Å²) in [7, 11) is 0. The highest BCUT2D eigenvalue weighted by atomic mass is 16.4. The average Bonchev–Trinajstić information content (AvgIpc) is 2.15. The maximum absolute atomic E-state index is 11.6. The van der Waals surface area contributed by atoms with Gasteiger partial charge in [-0.2, -0.15) is 4.79 Å². The van der Waals surface area contributed by atoms with Crippen molar-refractivity contribution in [2.24, 2.45) is 5.41 Å². The van der Waals surface area contributed by atoms with Gasteiger partial charge in [0.25, 0.3) is 0 Å². The third-order valence-corrected chi connectivity index (χ3v) is 4.05. The van der Waals surface area contributed by atoms with Crippen molar-refractivity contribution >= 4 is 12.1 Å². The molecule has 1 heterocycles. The van der Waals surface area contributed by atoms with E-state index in [4.69, 9.17) is 0 Å². The Morgan fingerprint density at radius 1 is 1.24 bits per heavy atom. The lowest BCUT2D eigenvalue weighted by molar-refractivity contribution is -0.913. The van der Waals surface area contributed by atoms with Crippen molar-refractivity contribution in [2.75, 3.05) is 13.1 Å². The summed E-state index contributed by atoms with van der Waals surface area (Å²) in [5.41, 5.74) is -1.44. The molecule has 2 N–H and O–H groups in total. The Balaban J connectivity index is 3.18. The molecule has 0 aromatic carbocycles. The summed E-state index contributed by atoms with van der Waals surface area (Å²) in [5, 5.41) is 18.8. The largest absolute Gasteiger partial charge is 0.514 e. The van der Waals surface area contributed by atoms with Gasteiger partial charge in [-0.1, -0.05) is 0 Å². The number of hydrogen-bond donors (Lipinski definition) is 2. The van der Waals surface area contributed by atoms with E-state index in [0.717, 1.165) is 0 Å². The highest BCUT2D eigenvalue weighted by Crippen LogP contribution is 2.39. The fourth-order valence-electron chi connectivity index (χ4n) is 2.69. The van der Waals surface area contributed by atoms with Gasteiger partial charge in [0.1, 0.15) is 17.5 Å². The number of aliphatic carboxylic acids is 1. The summed E-state index contributed by atoms with van der Waals surface area (Å²) in [6.07, 6.45) is 0.252. The van der Waals surface area contributed by atoms with Crippen molar-refractivity contribution in [1.82, 2.24) is 0 Å². The van der Waals surface area contributed by atoms with E-state index in [1.165, 1.54) is 0 Å². The molecule has 0 saturated carbocycles. The van der Waals surface area contributed by atoms with Crippen molar-refractivity contribution in [2.45, 2.75) is 46.1 Å². The molecule has 1 aliphatic heterocycles.